The van der Waals surface area contributed by atoms with E-state index in [1.165, 1.54) is 16.9 Å². The Kier molecular flexibility index (Phi) is 3.88. The van der Waals surface area contributed by atoms with Gasteiger partial charge in [0.2, 0.25) is 5.91 Å². The summed E-state index contributed by atoms with van der Waals surface area (Å²) in [7, 11) is 0. The first-order valence-corrected chi connectivity index (χ1v) is 7.57. The Labute approximate surface area is 130 Å². The summed E-state index contributed by atoms with van der Waals surface area (Å²) in [5.74, 6) is 0.388. The van der Waals surface area contributed by atoms with E-state index in [-0.39, 0.29) is 11.5 Å². The molecule has 22 heavy (non-hydrogen) atoms. The maximum atomic E-state index is 11.9. The molecule has 0 unspecified atom stereocenters. The molecule has 3 aromatic rings. The Morgan fingerprint density at radius 3 is 2.86 bits per heavy atom. The number of aromatic nitrogens is 3. The lowest BCUT2D eigenvalue weighted by Gasteiger charge is -2.05. The summed E-state index contributed by atoms with van der Waals surface area (Å²) in [4.78, 5) is 28.8. The molecule has 0 saturated carbocycles. The van der Waals surface area contributed by atoms with Gasteiger partial charge in [-0.15, -0.1) is 11.3 Å². The van der Waals surface area contributed by atoms with E-state index in [1.807, 2.05) is 17.5 Å². The quantitative estimate of drug-likeness (QED) is 0.774. The third-order valence-corrected chi connectivity index (χ3v) is 3.90. The van der Waals surface area contributed by atoms with Gasteiger partial charge in [-0.1, -0.05) is 6.07 Å². The van der Waals surface area contributed by atoms with E-state index in [4.69, 9.17) is 0 Å². The fourth-order valence-electron chi connectivity index (χ4n) is 2.05. The first-order chi connectivity index (χ1) is 10.6. The Balaban J connectivity index is 1.70. The monoisotopic (exact) mass is 314 g/mol. The number of rotatable bonds is 4. The molecule has 0 radical (unpaired) electrons. The Morgan fingerprint density at radius 1 is 1.41 bits per heavy atom. The number of hydrogen-bond donors (Lipinski definition) is 2. The van der Waals surface area contributed by atoms with Crippen molar-refractivity contribution in [1.82, 2.24) is 14.8 Å². The third-order valence-electron chi connectivity index (χ3n) is 3.02. The van der Waals surface area contributed by atoms with Gasteiger partial charge in [0.15, 0.2) is 5.82 Å². The topological polar surface area (TPSA) is 79.8 Å². The zero-order valence-electron chi connectivity index (χ0n) is 11.9. The van der Waals surface area contributed by atoms with Crippen molar-refractivity contribution in [2.45, 2.75) is 13.3 Å². The first-order valence-electron chi connectivity index (χ1n) is 6.69. The van der Waals surface area contributed by atoms with Gasteiger partial charge in [0.1, 0.15) is 0 Å². The van der Waals surface area contributed by atoms with Crippen LogP contribution in [0, 0.1) is 6.92 Å². The SMILES string of the molecule is Cc1cc(=O)n(-c2ccc(NC(=O)Cc3cccs3)cn2)[nH]1. The van der Waals surface area contributed by atoms with Gasteiger partial charge in [0, 0.05) is 16.6 Å². The number of nitrogens with one attached hydrogen (secondary N) is 2. The normalized spacial score (nSPS) is 10.6. The predicted octanol–water partition coefficient (Wildman–Crippen LogP) is 2.11. The maximum absolute atomic E-state index is 11.9. The van der Waals surface area contributed by atoms with E-state index in [1.54, 1.807) is 30.4 Å². The number of carbonyl (C=O) groups is 1. The second-order valence-corrected chi connectivity index (χ2v) is 5.85. The fraction of sp³-hybridized carbons (Fsp3) is 0.133. The van der Waals surface area contributed by atoms with Crippen LogP contribution >= 0.6 is 11.3 Å². The van der Waals surface area contributed by atoms with Gasteiger partial charge in [-0.3, -0.25) is 14.7 Å². The number of thiophene rings is 1. The second kappa shape index (κ2) is 5.98. The first kappa shape index (κ1) is 14.3. The molecular formula is C15H14N4O2S. The van der Waals surface area contributed by atoms with Gasteiger partial charge in [-0.2, -0.15) is 0 Å². The fourth-order valence-corrected chi connectivity index (χ4v) is 2.76. The van der Waals surface area contributed by atoms with E-state index in [0.717, 1.165) is 10.6 Å². The number of anilines is 1. The van der Waals surface area contributed by atoms with Crippen molar-refractivity contribution in [1.29, 1.82) is 0 Å². The molecule has 6 nitrogen and oxygen atoms in total. The lowest BCUT2D eigenvalue weighted by atomic mass is 10.3. The average molecular weight is 314 g/mol. The minimum atomic E-state index is -0.167. The van der Waals surface area contributed by atoms with Crippen molar-refractivity contribution >= 4 is 22.9 Å². The number of H-pyrrole nitrogens is 1. The van der Waals surface area contributed by atoms with E-state index >= 15 is 0 Å². The van der Waals surface area contributed by atoms with Gasteiger partial charge in [-0.25, -0.2) is 9.67 Å². The van der Waals surface area contributed by atoms with Gasteiger partial charge >= 0.3 is 0 Å². The van der Waals surface area contributed by atoms with Crippen molar-refractivity contribution in [3.63, 3.8) is 0 Å². The van der Waals surface area contributed by atoms with Crippen molar-refractivity contribution in [2.24, 2.45) is 0 Å². The molecule has 0 atom stereocenters. The Morgan fingerprint density at radius 2 is 2.27 bits per heavy atom. The Bertz CT molecular complexity index is 831. The lowest BCUT2D eigenvalue weighted by Crippen LogP contribution is -2.16. The van der Waals surface area contributed by atoms with Crippen molar-refractivity contribution in [3.05, 3.63) is 62.8 Å². The lowest BCUT2D eigenvalue weighted by molar-refractivity contribution is -0.115. The molecule has 0 aliphatic carbocycles. The average Bonchev–Trinajstić information content (AvgIpc) is 3.09. The standard InChI is InChI=1S/C15H14N4O2S/c1-10-7-15(21)19(18-10)13-5-4-11(9-16-13)17-14(20)8-12-3-2-6-22-12/h2-7,9,18H,8H2,1H3,(H,17,20). The molecule has 0 fully saturated rings. The molecule has 0 aromatic carbocycles. The molecule has 3 heterocycles. The number of amides is 1. The zero-order chi connectivity index (χ0) is 15.5. The zero-order valence-corrected chi connectivity index (χ0v) is 12.7. The number of aromatic amines is 1. The van der Waals surface area contributed by atoms with E-state index in [9.17, 15) is 9.59 Å². The number of hydrogen-bond acceptors (Lipinski definition) is 4. The minimum Gasteiger partial charge on any atom is -0.324 e. The highest BCUT2D eigenvalue weighted by molar-refractivity contribution is 7.10. The summed E-state index contributed by atoms with van der Waals surface area (Å²) in [5, 5.41) is 7.63. The van der Waals surface area contributed by atoms with Crippen LogP contribution in [0.4, 0.5) is 5.69 Å². The number of nitrogens with zero attached hydrogens (tertiary/aromatic N) is 2. The molecule has 1 amide bonds. The highest BCUT2D eigenvalue weighted by Crippen LogP contribution is 2.12. The molecule has 3 aromatic heterocycles. The molecular weight excluding hydrogens is 300 g/mol. The molecule has 0 aliphatic rings. The van der Waals surface area contributed by atoms with Crippen LogP contribution in [0.25, 0.3) is 5.82 Å². The second-order valence-electron chi connectivity index (χ2n) is 4.82. The molecule has 0 aliphatic heterocycles. The van der Waals surface area contributed by atoms with Crippen LogP contribution in [0.15, 0.2) is 46.7 Å². The van der Waals surface area contributed by atoms with Gasteiger partial charge < -0.3 is 5.32 Å². The van der Waals surface area contributed by atoms with Gasteiger partial charge in [0.05, 0.1) is 18.3 Å². The van der Waals surface area contributed by atoms with Crippen LogP contribution in [0.1, 0.15) is 10.6 Å². The summed E-state index contributed by atoms with van der Waals surface area (Å²) in [6, 6.07) is 8.74. The van der Waals surface area contributed by atoms with Crippen LogP contribution < -0.4 is 10.9 Å². The molecule has 3 rings (SSSR count). The largest absolute Gasteiger partial charge is 0.324 e. The molecule has 112 valence electrons. The summed E-state index contributed by atoms with van der Waals surface area (Å²) in [5.41, 5.74) is 1.20. The molecule has 0 bridgehead atoms. The van der Waals surface area contributed by atoms with Crippen molar-refractivity contribution < 1.29 is 4.79 Å². The molecule has 0 spiro atoms. The van der Waals surface area contributed by atoms with E-state index < -0.39 is 0 Å². The highest BCUT2D eigenvalue weighted by atomic mass is 32.1. The van der Waals surface area contributed by atoms with Crippen LogP contribution in [0.3, 0.4) is 0 Å². The number of aryl methyl sites for hydroxylation is 1. The number of pyridine rings is 1. The summed E-state index contributed by atoms with van der Waals surface area (Å²) >= 11 is 1.55. The van der Waals surface area contributed by atoms with Crippen LogP contribution in [-0.2, 0) is 11.2 Å². The molecule has 2 N–H and O–H groups in total. The van der Waals surface area contributed by atoms with E-state index in [0.29, 0.717) is 17.9 Å². The minimum absolute atomic E-state index is 0.0927. The van der Waals surface area contributed by atoms with E-state index in [2.05, 4.69) is 15.4 Å². The maximum Gasteiger partial charge on any atom is 0.272 e. The predicted molar refractivity (Wildman–Crippen MR) is 85.6 cm³/mol. The summed E-state index contributed by atoms with van der Waals surface area (Å²) < 4.78 is 1.35. The highest BCUT2D eigenvalue weighted by Gasteiger charge is 2.07. The molecule has 0 saturated heterocycles. The smallest absolute Gasteiger partial charge is 0.272 e. The van der Waals surface area contributed by atoms with Crippen molar-refractivity contribution in [2.75, 3.05) is 5.32 Å². The molecule has 7 heteroatoms. The summed E-state index contributed by atoms with van der Waals surface area (Å²) in [6.45, 7) is 1.80. The van der Waals surface area contributed by atoms with Crippen LogP contribution in [-0.4, -0.2) is 20.7 Å². The van der Waals surface area contributed by atoms with Gasteiger partial charge in [-0.05, 0) is 30.5 Å². The van der Waals surface area contributed by atoms with Crippen LogP contribution in [0.5, 0.6) is 0 Å². The van der Waals surface area contributed by atoms with Gasteiger partial charge in [0.25, 0.3) is 5.56 Å². The summed E-state index contributed by atoms with van der Waals surface area (Å²) in [6.07, 6.45) is 1.87. The van der Waals surface area contributed by atoms with Crippen molar-refractivity contribution in [3.8, 4) is 5.82 Å². The number of carbonyl (C=O) groups excluding carboxylic acids is 1. The van der Waals surface area contributed by atoms with Crippen LogP contribution in [0.2, 0.25) is 0 Å². The Hall–Kier alpha value is -2.67. The third kappa shape index (κ3) is 3.15.